The zero-order valence-corrected chi connectivity index (χ0v) is 13.5. The number of benzene rings is 1. The van der Waals surface area contributed by atoms with Crippen LogP contribution < -0.4 is 5.32 Å². The van der Waals surface area contributed by atoms with Crippen LogP contribution in [0.2, 0.25) is 0 Å². The zero-order chi connectivity index (χ0) is 16.7. The van der Waals surface area contributed by atoms with Gasteiger partial charge < -0.3 is 10.1 Å². The van der Waals surface area contributed by atoms with Crippen LogP contribution >= 0.6 is 11.3 Å². The fourth-order valence-electron chi connectivity index (χ4n) is 1.98. The summed E-state index contributed by atoms with van der Waals surface area (Å²) < 4.78 is 4.93. The van der Waals surface area contributed by atoms with E-state index in [9.17, 15) is 14.4 Å². The maximum atomic E-state index is 11.9. The molecular weight excluding hydrogens is 314 g/mol. The van der Waals surface area contributed by atoms with Gasteiger partial charge in [-0.15, -0.1) is 11.3 Å². The van der Waals surface area contributed by atoms with Crippen LogP contribution in [0.4, 0.5) is 0 Å². The summed E-state index contributed by atoms with van der Waals surface area (Å²) in [5.74, 6) is -1.18. The zero-order valence-electron chi connectivity index (χ0n) is 12.7. The number of carbonyl (C=O) groups is 3. The Labute approximate surface area is 138 Å². The number of Topliss-reactive ketones (excluding diaryl/α,β-unsaturated/α-hetero) is 1. The van der Waals surface area contributed by atoms with Crippen molar-refractivity contribution in [2.45, 2.75) is 19.4 Å². The molecule has 1 aromatic heterocycles. The lowest BCUT2D eigenvalue weighted by molar-refractivity contribution is -0.128. The van der Waals surface area contributed by atoms with E-state index in [0.29, 0.717) is 11.3 Å². The molecule has 1 heterocycles. The van der Waals surface area contributed by atoms with E-state index in [2.05, 4.69) is 5.32 Å². The minimum Gasteiger partial charge on any atom is -0.451 e. The van der Waals surface area contributed by atoms with Gasteiger partial charge in [-0.1, -0.05) is 36.4 Å². The summed E-state index contributed by atoms with van der Waals surface area (Å²) in [5, 5.41) is 4.36. The molecular formula is C17H17NO4S. The summed E-state index contributed by atoms with van der Waals surface area (Å²) in [6, 6.07) is 12.1. The lowest BCUT2D eigenvalue weighted by atomic mass is 10.0. The first-order chi connectivity index (χ1) is 11.1. The van der Waals surface area contributed by atoms with Crippen molar-refractivity contribution in [2.75, 3.05) is 6.61 Å². The number of esters is 1. The van der Waals surface area contributed by atoms with Gasteiger partial charge in [-0.05, 0) is 30.4 Å². The number of hydrogen-bond donors (Lipinski definition) is 1. The Hall–Kier alpha value is -2.47. The molecule has 0 spiro atoms. The maximum Gasteiger partial charge on any atom is 0.348 e. The number of amides is 1. The predicted octanol–water partition coefficient (Wildman–Crippen LogP) is 2.22. The third kappa shape index (κ3) is 5.34. The van der Waals surface area contributed by atoms with E-state index in [1.54, 1.807) is 17.5 Å². The first kappa shape index (κ1) is 16.9. The normalized spacial score (nSPS) is 11.5. The van der Waals surface area contributed by atoms with Crippen molar-refractivity contribution in [1.29, 1.82) is 0 Å². The second kappa shape index (κ2) is 8.24. The Morgan fingerprint density at radius 1 is 1.13 bits per heavy atom. The van der Waals surface area contributed by atoms with E-state index in [1.807, 2.05) is 30.3 Å². The lowest BCUT2D eigenvalue weighted by Crippen LogP contribution is -2.43. The Morgan fingerprint density at radius 3 is 2.48 bits per heavy atom. The summed E-state index contributed by atoms with van der Waals surface area (Å²) in [7, 11) is 0. The number of carbonyl (C=O) groups excluding carboxylic acids is 3. The SMILES string of the molecule is CC(=O)[C@@H](Cc1ccccc1)NC(=O)COC(=O)c1cccs1. The van der Waals surface area contributed by atoms with Crippen molar-refractivity contribution < 1.29 is 19.1 Å². The van der Waals surface area contributed by atoms with Crippen molar-refractivity contribution in [1.82, 2.24) is 5.32 Å². The van der Waals surface area contributed by atoms with E-state index in [1.165, 1.54) is 18.3 Å². The highest BCUT2D eigenvalue weighted by Crippen LogP contribution is 2.09. The highest BCUT2D eigenvalue weighted by Gasteiger charge is 2.19. The largest absolute Gasteiger partial charge is 0.451 e. The molecule has 1 N–H and O–H groups in total. The fraction of sp³-hybridized carbons (Fsp3) is 0.235. The molecule has 0 saturated heterocycles. The van der Waals surface area contributed by atoms with E-state index in [0.717, 1.165) is 5.56 Å². The number of ether oxygens (including phenoxy) is 1. The highest BCUT2D eigenvalue weighted by atomic mass is 32.1. The topological polar surface area (TPSA) is 72.5 Å². The van der Waals surface area contributed by atoms with E-state index in [4.69, 9.17) is 4.74 Å². The molecule has 0 unspecified atom stereocenters. The standard InChI is InChI=1S/C17H17NO4S/c1-12(19)14(10-13-6-3-2-4-7-13)18-16(20)11-22-17(21)15-8-5-9-23-15/h2-9,14H,10-11H2,1H3,(H,18,20)/t14-/m1/s1. The van der Waals surface area contributed by atoms with Crippen LogP contribution in [0.15, 0.2) is 47.8 Å². The molecule has 0 aliphatic heterocycles. The van der Waals surface area contributed by atoms with E-state index < -0.39 is 24.5 Å². The molecule has 0 aliphatic carbocycles. The average molecular weight is 331 g/mol. The third-order valence-corrected chi connectivity index (χ3v) is 4.02. The Morgan fingerprint density at radius 2 is 1.87 bits per heavy atom. The van der Waals surface area contributed by atoms with Crippen molar-refractivity contribution in [3.05, 3.63) is 58.3 Å². The molecule has 23 heavy (non-hydrogen) atoms. The maximum absolute atomic E-state index is 11.9. The first-order valence-corrected chi connectivity index (χ1v) is 7.98. The Balaban J connectivity index is 1.86. The highest BCUT2D eigenvalue weighted by molar-refractivity contribution is 7.11. The van der Waals surface area contributed by atoms with Crippen molar-refractivity contribution in [3.63, 3.8) is 0 Å². The molecule has 2 rings (SSSR count). The summed E-state index contributed by atoms with van der Waals surface area (Å²) in [6.45, 7) is 1.01. The van der Waals surface area contributed by atoms with Gasteiger partial charge in [-0.2, -0.15) is 0 Å². The number of nitrogens with one attached hydrogen (secondary N) is 1. The Kier molecular flexibility index (Phi) is 6.05. The van der Waals surface area contributed by atoms with E-state index in [-0.39, 0.29) is 5.78 Å². The van der Waals surface area contributed by atoms with Crippen LogP contribution in [0.3, 0.4) is 0 Å². The summed E-state index contributed by atoms with van der Waals surface area (Å²) >= 11 is 1.24. The smallest absolute Gasteiger partial charge is 0.348 e. The third-order valence-electron chi connectivity index (χ3n) is 3.17. The molecule has 5 nitrogen and oxygen atoms in total. The second-order valence-corrected chi connectivity index (χ2v) is 5.92. The minimum atomic E-state index is -0.634. The molecule has 1 atom stereocenters. The molecule has 6 heteroatoms. The molecule has 0 radical (unpaired) electrons. The van der Waals surface area contributed by atoms with Crippen molar-refractivity contribution in [3.8, 4) is 0 Å². The monoisotopic (exact) mass is 331 g/mol. The van der Waals surface area contributed by atoms with Crippen LogP contribution in [0.1, 0.15) is 22.2 Å². The van der Waals surface area contributed by atoms with Gasteiger partial charge in [0, 0.05) is 0 Å². The predicted molar refractivity (Wildman–Crippen MR) is 87.4 cm³/mol. The van der Waals surface area contributed by atoms with Gasteiger partial charge in [0.2, 0.25) is 0 Å². The van der Waals surface area contributed by atoms with Gasteiger partial charge in [-0.25, -0.2) is 4.79 Å². The van der Waals surface area contributed by atoms with Gasteiger partial charge in [-0.3, -0.25) is 9.59 Å². The van der Waals surface area contributed by atoms with Crippen LogP contribution in [0.5, 0.6) is 0 Å². The number of ketones is 1. The number of hydrogen-bond acceptors (Lipinski definition) is 5. The second-order valence-electron chi connectivity index (χ2n) is 4.97. The molecule has 120 valence electrons. The molecule has 0 fully saturated rings. The molecule has 2 aromatic rings. The minimum absolute atomic E-state index is 0.146. The van der Waals surface area contributed by atoms with Crippen LogP contribution in [0.25, 0.3) is 0 Å². The lowest BCUT2D eigenvalue weighted by Gasteiger charge is -2.16. The molecule has 1 aromatic carbocycles. The quantitative estimate of drug-likeness (QED) is 0.790. The van der Waals surface area contributed by atoms with Gasteiger partial charge in [0.1, 0.15) is 4.88 Å². The molecule has 0 bridgehead atoms. The van der Waals surface area contributed by atoms with Crippen LogP contribution in [-0.4, -0.2) is 30.3 Å². The van der Waals surface area contributed by atoms with Gasteiger partial charge in [0.15, 0.2) is 12.4 Å². The summed E-state index contributed by atoms with van der Waals surface area (Å²) in [4.78, 5) is 35.7. The van der Waals surface area contributed by atoms with Crippen LogP contribution in [-0.2, 0) is 20.7 Å². The van der Waals surface area contributed by atoms with Gasteiger partial charge in [0.05, 0.1) is 6.04 Å². The van der Waals surface area contributed by atoms with Gasteiger partial charge in [0.25, 0.3) is 5.91 Å². The molecule has 0 aliphatic rings. The van der Waals surface area contributed by atoms with Gasteiger partial charge >= 0.3 is 5.97 Å². The van der Waals surface area contributed by atoms with Crippen molar-refractivity contribution in [2.24, 2.45) is 0 Å². The van der Waals surface area contributed by atoms with E-state index >= 15 is 0 Å². The molecule has 0 saturated carbocycles. The first-order valence-electron chi connectivity index (χ1n) is 7.10. The average Bonchev–Trinajstić information content (AvgIpc) is 3.07. The fourth-order valence-corrected chi connectivity index (χ4v) is 2.60. The van der Waals surface area contributed by atoms with Crippen molar-refractivity contribution >= 4 is 29.0 Å². The summed E-state index contributed by atoms with van der Waals surface area (Å²) in [5.41, 5.74) is 0.948. The molecule has 1 amide bonds. The number of rotatable bonds is 7. The number of thiophene rings is 1. The summed E-state index contributed by atoms with van der Waals surface area (Å²) in [6.07, 6.45) is 0.404. The Bertz CT molecular complexity index is 667. The van der Waals surface area contributed by atoms with Crippen LogP contribution in [0, 0.1) is 0 Å².